The van der Waals surface area contributed by atoms with E-state index < -0.39 is 31.7 Å². The Morgan fingerprint density at radius 2 is 1.87 bits per heavy atom. The van der Waals surface area contributed by atoms with Gasteiger partial charge in [0, 0.05) is 5.57 Å². The zero-order valence-corrected chi connectivity index (χ0v) is 18.9. The minimum Gasteiger partial charge on any atom is -0.411 e. The third-order valence-corrected chi connectivity index (χ3v) is 11.7. The van der Waals surface area contributed by atoms with Crippen LogP contribution < -0.4 is 0 Å². The van der Waals surface area contributed by atoms with Crippen LogP contribution in [0.15, 0.2) is 40.9 Å². The van der Waals surface area contributed by atoms with Gasteiger partial charge in [-0.1, -0.05) is 44.5 Å². The molecule has 1 N–H and O–H groups in total. The summed E-state index contributed by atoms with van der Waals surface area (Å²) in [5.74, 6) is 11.8. The van der Waals surface area contributed by atoms with Crippen LogP contribution in [0.2, 0.25) is 18.1 Å². The van der Waals surface area contributed by atoms with Crippen LogP contribution in [0.3, 0.4) is 0 Å². The summed E-state index contributed by atoms with van der Waals surface area (Å²) in [6.45, 7) is 8.52. The fourth-order valence-electron chi connectivity index (χ4n) is 4.99. The topological polar surface area (TPSA) is 71.4 Å². The van der Waals surface area contributed by atoms with Crippen molar-refractivity contribution < 1.29 is 19.1 Å². The van der Waals surface area contributed by atoms with Gasteiger partial charge in [-0.15, -0.1) is 0 Å². The summed E-state index contributed by atoms with van der Waals surface area (Å²) < 4.78 is 13.3. The van der Waals surface area contributed by atoms with Crippen molar-refractivity contribution in [1.29, 1.82) is 0 Å². The number of aliphatic imine (C=N–C) groups is 1. The van der Waals surface area contributed by atoms with E-state index >= 15 is 0 Å². The van der Waals surface area contributed by atoms with Gasteiger partial charge in [-0.2, -0.15) is 0 Å². The molecule has 0 aromatic carbocycles. The Hall–Kier alpha value is -2.22. The molecule has 0 amide bonds. The number of ether oxygens (including phenoxy) is 1. The second kappa shape index (κ2) is 7.48. The second-order valence-corrected chi connectivity index (χ2v) is 12.9. The smallest absolute Gasteiger partial charge is 0.192 e. The van der Waals surface area contributed by atoms with E-state index in [0.29, 0.717) is 11.3 Å². The van der Waals surface area contributed by atoms with Gasteiger partial charge in [0.25, 0.3) is 0 Å². The molecular formula is C24H27NO4Si. The van der Waals surface area contributed by atoms with Gasteiger partial charge in [0.05, 0.1) is 11.8 Å². The summed E-state index contributed by atoms with van der Waals surface area (Å²) >= 11 is 0. The average Bonchev–Trinajstić information content (AvgIpc) is 3.48. The van der Waals surface area contributed by atoms with Crippen molar-refractivity contribution in [2.45, 2.75) is 75.3 Å². The third-order valence-electron chi connectivity index (χ3n) is 6.95. The lowest BCUT2D eigenvalue weighted by Crippen LogP contribution is -2.57. The van der Waals surface area contributed by atoms with Crippen LogP contribution in [0.5, 0.6) is 0 Å². The van der Waals surface area contributed by atoms with Crippen molar-refractivity contribution in [1.82, 2.24) is 0 Å². The van der Waals surface area contributed by atoms with Gasteiger partial charge in [-0.3, -0.25) is 9.79 Å². The second-order valence-electron chi connectivity index (χ2n) is 8.16. The number of hydrogen-bond donors (Lipinski definition) is 1. The molecule has 5 nitrogen and oxygen atoms in total. The van der Waals surface area contributed by atoms with Crippen molar-refractivity contribution in [3.63, 3.8) is 0 Å². The molecule has 4 aliphatic rings. The van der Waals surface area contributed by atoms with E-state index in [1.54, 1.807) is 18.2 Å². The van der Waals surface area contributed by atoms with Crippen LogP contribution in [0.25, 0.3) is 0 Å². The highest BCUT2D eigenvalue weighted by Crippen LogP contribution is 2.63. The molecule has 1 saturated heterocycles. The average molecular weight is 422 g/mol. The summed E-state index contributed by atoms with van der Waals surface area (Å²) in [4.78, 5) is 17.0. The first-order chi connectivity index (χ1) is 14.4. The molecule has 4 rings (SSSR count). The molecule has 156 valence electrons. The van der Waals surface area contributed by atoms with E-state index in [-0.39, 0.29) is 11.9 Å². The predicted octanol–water partition coefficient (Wildman–Crippen LogP) is 2.73. The molecule has 0 aromatic rings. The van der Waals surface area contributed by atoms with E-state index in [9.17, 15) is 9.90 Å². The van der Waals surface area contributed by atoms with Crippen LogP contribution >= 0.6 is 0 Å². The van der Waals surface area contributed by atoms with Gasteiger partial charge in [-0.05, 0) is 55.4 Å². The fraction of sp³-hybridized carbons (Fsp3) is 0.500. The van der Waals surface area contributed by atoms with Crippen molar-refractivity contribution in [2.75, 3.05) is 0 Å². The summed E-state index contributed by atoms with van der Waals surface area (Å²) in [6, 6.07) is 2.45. The number of nitrogens with zero attached hydrogens (tertiary/aromatic N) is 1. The maximum Gasteiger partial charge on any atom is 0.192 e. The Kier molecular flexibility index (Phi) is 5.24. The van der Waals surface area contributed by atoms with Crippen molar-refractivity contribution in [3.05, 3.63) is 36.0 Å². The lowest BCUT2D eigenvalue weighted by molar-refractivity contribution is -0.110. The maximum absolute atomic E-state index is 12.2. The quantitative estimate of drug-likeness (QED) is 0.310. The van der Waals surface area contributed by atoms with Crippen molar-refractivity contribution >= 4 is 19.8 Å². The highest BCUT2D eigenvalue weighted by Gasteiger charge is 2.83. The first-order valence-electron chi connectivity index (χ1n) is 10.6. The van der Waals surface area contributed by atoms with Crippen molar-refractivity contribution in [2.24, 2.45) is 4.99 Å². The summed E-state index contributed by atoms with van der Waals surface area (Å²) in [5, 5.41) is 11.2. The molecule has 0 unspecified atom stereocenters. The van der Waals surface area contributed by atoms with Crippen LogP contribution in [-0.4, -0.2) is 54.4 Å². The SMILES string of the molecule is CC[Si](CC)(CC)O[C@H](C)[C@@]12O[C@]13C1=CC(=O)C=CC1=N[C@H]2C#C/C=C\C#C[C@H]3O. The van der Waals surface area contributed by atoms with E-state index in [0.717, 1.165) is 18.1 Å². The Balaban J connectivity index is 1.89. The van der Waals surface area contributed by atoms with E-state index in [1.807, 2.05) is 6.92 Å². The fourth-order valence-corrected chi connectivity index (χ4v) is 7.92. The molecule has 30 heavy (non-hydrogen) atoms. The molecule has 1 fully saturated rings. The molecule has 0 saturated carbocycles. The molecule has 6 heteroatoms. The maximum atomic E-state index is 12.2. The molecule has 2 aliphatic heterocycles. The molecule has 2 heterocycles. The first-order valence-corrected chi connectivity index (χ1v) is 13.2. The van der Waals surface area contributed by atoms with E-state index in [4.69, 9.17) is 14.2 Å². The molecule has 0 aromatic heterocycles. The lowest BCUT2D eigenvalue weighted by Gasteiger charge is -2.39. The predicted molar refractivity (Wildman–Crippen MR) is 118 cm³/mol. The molecule has 2 aliphatic carbocycles. The number of aliphatic hydroxyl groups is 1. The lowest BCUT2D eigenvalue weighted by atomic mass is 9.70. The minimum absolute atomic E-state index is 0.155. The monoisotopic (exact) mass is 421 g/mol. The number of rotatable bonds is 6. The Morgan fingerprint density at radius 1 is 1.20 bits per heavy atom. The number of fused-ring (bicyclic) bond motifs is 1. The standard InChI is InChI=1S/C24H27NO4Si/c1-5-30(6-2,7-3)28-17(4)23-21-12-10-8-9-11-13-22(27)24(23,29-23)19-16-18(26)14-15-20(19)25-21/h8-9,14-17,21-22,27H,5-7H2,1-4H3/b9-8-/t17-,21+,22-,23+,24+/m1/s1. The molecule has 5 atom stereocenters. The van der Waals surface area contributed by atoms with Gasteiger partial charge in [-0.25, -0.2) is 0 Å². The van der Waals surface area contributed by atoms with Gasteiger partial charge in [0.1, 0.15) is 6.04 Å². The zero-order chi connectivity index (χ0) is 21.6. The number of epoxide rings is 1. The zero-order valence-electron chi connectivity index (χ0n) is 17.9. The third kappa shape index (κ3) is 2.83. The minimum atomic E-state index is -1.98. The van der Waals surface area contributed by atoms with Gasteiger partial charge in [0.2, 0.25) is 0 Å². The Labute approximate surface area is 179 Å². The normalized spacial score (nSPS) is 35.3. The highest BCUT2D eigenvalue weighted by molar-refractivity contribution is 6.73. The number of carbonyl (C=O) groups is 1. The summed E-state index contributed by atoms with van der Waals surface area (Å²) in [7, 11) is -1.98. The highest BCUT2D eigenvalue weighted by atomic mass is 28.4. The number of aliphatic hydroxyl groups excluding tert-OH is 1. The van der Waals surface area contributed by atoms with Crippen LogP contribution in [-0.2, 0) is 14.0 Å². The number of ketones is 1. The molecule has 2 bridgehead atoms. The van der Waals surface area contributed by atoms with Crippen LogP contribution in [0, 0.1) is 23.7 Å². The van der Waals surface area contributed by atoms with Crippen molar-refractivity contribution in [3.8, 4) is 23.7 Å². The van der Waals surface area contributed by atoms with E-state index in [1.165, 1.54) is 12.2 Å². The number of allylic oxidation sites excluding steroid dienone is 5. The number of hydrogen-bond acceptors (Lipinski definition) is 5. The van der Waals surface area contributed by atoms with Gasteiger partial charge in [0.15, 0.2) is 31.4 Å². The molecule has 0 radical (unpaired) electrons. The Bertz CT molecular complexity index is 1010. The van der Waals surface area contributed by atoms with Crippen LogP contribution in [0.1, 0.15) is 27.7 Å². The Morgan fingerprint density at radius 3 is 2.53 bits per heavy atom. The summed E-state index contributed by atoms with van der Waals surface area (Å²) in [5.41, 5.74) is -0.981. The van der Waals surface area contributed by atoms with E-state index in [2.05, 4.69) is 44.5 Å². The largest absolute Gasteiger partial charge is 0.411 e. The summed E-state index contributed by atoms with van der Waals surface area (Å²) in [6.07, 6.45) is 6.42. The molecule has 0 spiro atoms. The van der Waals surface area contributed by atoms with Crippen LogP contribution in [0.4, 0.5) is 0 Å². The first kappa shape index (κ1) is 21.0. The molecular weight excluding hydrogens is 394 g/mol. The van der Waals surface area contributed by atoms with Gasteiger partial charge >= 0.3 is 0 Å². The van der Waals surface area contributed by atoms with Gasteiger partial charge < -0.3 is 14.3 Å². The number of carbonyl (C=O) groups excluding carboxylic acids is 1.